The molecule has 2 aromatic heterocycles. The van der Waals surface area contributed by atoms with E-state index in [1.807, 2.05) is 12.1 Å². The van der Waals surface area contributed by atoms with Crippen molar-refractivity contribution in [2.45, 2.75) is 98.7 Å². The molecule has 24 heteroatoms. The van der Waals surface area contributed by atoms with Crippen molar-refractivity contribution >= 4 is 74.9 Å². The van der Waals surface area contributed by atoms with Gasteiger partial charge in [0.25, 0.3) is 0 Å². The molecule has 4 unspecified atom stereocenters. The number of hydrogen-bond donors (Lipinski definition) is 0. The number of thioether (sulfide) groups is 2. The van der Waals surface area contributed by atoms with Crippen molar-refractivity contribution in [3.05, 3.63) is 66.3 Å². The Morgan fingerprint density at radius 2 is 1.28 bits per heavy atom. The Hall–Kier alpha value is -4.83. The first kappa shape index (κ1) is 47.5. The number of hydrogen-bond acceptors (Lipinski definition) is 18. The second kappa shape index (κ2) is 22.9. The smallest absolute Gasteiger partial charge is 0.303 e. The van der Waals surface area contributed by atoms with Crippen LogP contribution >= 0.6 is 51.1 Å². The molecule has 4 heterocycles. The van der Waals surface area contributed by atoms with Gasteiger partial charge in [0.15, 0.2) is 11.4 Å². The van der Waals surface area contributed by atoms with E-state index in [1.165, 1.54) is 57.9 Å². The van der Waals surface area contributed by atoms with Crippen LogP contribution in [0.3, 0.4) is 0 Å². The van der Waals surface area contributed by atoms with Crippen LogP contribution in [0.15, 0.2) is 49.0 Å². The van der Waals surface area contributed by atoms with Crippen LogP contribution in [0.5, 0.6) is 0 Å². The molecule has 2 aliphatic rings. The van der Waals surface area contributed by atoms with Gasteiger partial charge in [0.1, 0.15) is 48.4 Å². The molecule has 0 spiro atoms. The SMILES string of the molecule is CC(=O)OCC1O[C@H](Sc2cc(Cl)cnc2C#N)[C@@H](OC(C)=O)C(N=[N+]=[N-])[C@H]1C.CC(=O)OCC1O[C@H](Sc2cnc(C#N)c(Br)c2)[C@@H](OC(C)=O)C(N=[N+]=[N-])[C@H]1C. The number of aromatic nitrogens is 2. The highest BCUT2D eigenvalue weighted by atomic mass is 79.9. The standard InChI is InChI=1S/C17H18BrN5O5S.C17H18ClN5O5S/c1-8-14(7-26-9(2)24)28-17(16(27-10(3)25)15(8)22-23-20)29-11-4-12(18)13(5-19)21-6-11;1-8-13(7-26-9(2)24)28-17(16(27-10(3)25)15(8)22-23-20)29-14-4-11(18)6-21-12(14)5-19/h4,6,8,14-17H,7H2,1-3H3;4,6,8,13,15-17H,7H2,1-3H3/t8-,14?,15?,16-,17+;8-,13?,15?,16-,17+/m00/s1. The molecular weight excluding hydrogens is 888 g/mol. The van der Waals surface area contributed by atoms with Crippen molar-refractivity contribution in [3.63, 3.8) is 0 Å². The van der Waals surface area contributed by atoms with Gasteiger partial charge in [-0.15, -0.1) is 0 Å². The first-order chi connectivity index (χ1) is 27.5. The molecule has 2 saturated heterocycles. The summed E-state index contributed by atoms with van der Waals surface area (Å²) in [4.78, 5) is 60.5. The third-order valence-corrected chi connectivity index (χ3v) is 11.4. The Balaban J connectivity index is 0.000000310. The van der Waals surface area contributed by atoms with Crippen LogP contribution in [0.1, 0.15) is 52.9 Å². The lowest BCUT2D eigenvalue weighted by molar-refractivity contribution is -0.177. The van der Waals surface area contributed by atoms with Crippen LogP contribution in [-0.2, 0) is 47.6 Å². The second-order valence-corrected chi connectivity index (χ2v) is 16.0. The summed E-state index contributed by atoms with van der Waals surface area (Å²) < 4.78 is 33.5. The molecule has 0 aliphatic carbocycles. The maximum atomic E-state index is 11.7. The zero-order valence-electron chi connectivity index (χ0n) is 31.6. The minimum absolute atomic E-state index is 0.0346. The normalized spacial score (nSPS) is 26.0. The van der Waals surface area contributed by atoms with E-state index < -0.39 is 77.2 Å². The molecule has 0 bridgehead atoms. The molecule has 20 nitrogen and oxygen atoms in total. The van der Waals surface area contributed by atoms with E-state index in [9.17, 15) is 24.4 Å². The summed E-state index contributed by atoms with van der Waals surface area (Å²) in [7, 11) is 0. The molecule has 308 valence electrons. The molecule has 2 fully saturated rings. The van der Waals surface area contributed by atoms with Crippen molar-refractivity contribution in [1.82, 2.24) is 9.97 Å². The van der Waals surface area contributed by atoms with Gasteiger partial charge in [-0.25, -0.2) is 9.97 Å². The zero-order chi connectivity index (χ0) is 43.1. The first-order valence-corrected chi connectivity index (χ1v) is 19.9. The highest BCUT2D eigenvalue weighted by Gasteiger charge is 2.48. The van der Waals surface area contributed by atoms with Gasteiger partial charge in [0.2, 0.25) is 0 Å². The quantitative estimate of drug-likeness (QED) is 0.0714. The molecule has 2 aromatic rings. The van der Waals surface area contributed by atoms with Crippen molar-refractivity contribution in [1.29, 1.82) is 10.5 Å². The fourth-order valence-electron chi connectivity index (χ4n) is 5.59. The molecular formula is C34H36BrClN10O10S2. The maximum absolute atomic E-state index is 11.7. The molecule has 0 radical (unpaired) electrons. The molecule has 0 N–H and O–H groups in total. The number of carbonyl (C=O) groups excluding carboxylic acids is 4. The van der Waals surface area contributed by atoms with Crippen LogP contribution in [0.25, 0.3) is 20.9 Å². The molecule has 0 aromatic carbocycles. The van der Waals surface area contributed by atoms with E-state index in [1.54, 1.807) is 19.9 Å². The summed E-state index contributed by atoms with van der Waals surface area (Å²) in [5.74, 6) is -2.88. The van der Waals surface area contributed by atoms with Gasteiger partial charge in [0, 0.05) is 59.7 Å². The summed E-state index contributed by atoms with van der Waals surface area (Å²) >= 11 is 11.5. The van der Waals surface area contributed by atoms with Gasteiger partial charge >= 0.3 is 23.9 Å². The van der Waals surface area contributed by atoms with E-state index in [0.29, 0.717) is 19.3 Å². The summed E-state index contributed by atoms with van der Waals surface area (Å²) in [6.07, 6.45) is -0.188. The number of azide groups is 2. The third-order valence-electron chi connectivity index (χ3n) is 8.30. The van der Waals surface area contributed by atoms with Gasteiger partial charge in [-0.1, -0.05) is 59.2 Å². The van der Waals surface area contributed by atoms with Crippen molar-refractivity contribution in [3.8, 4) is 12.1 Å². The number of pyridine rings is 2. The summed E-state index contributed by atoms with van der Waals surface area (Å²) in [5, 5.41) is 26.2. The summed E-state index contributed by atoms with van der Waals surface area (Å²) in [6, 6.07) is 5.62. The lowest BCUT2D eigenvalue weighted by Gasteiger charge is -2.43. The van der Waals surface area contributed by atoms with Gasteiger partial charge in [-0.2, -0.15) is 10.5 Å². The largest absolute Gasteiger partial charge is 0.463 e. The molecule has 0 amide bonds. The zero-order valence-corrected chi connectivity index (χ0v) is 35.6. The number of carbonyl (C=O) groups is 4. The highest BCUT2D eigenvalue weighted by molar-refractivity contribution is 9.10. The predicted molar refractivity (Wildman–Crippen MR) is 208 cm³/mol. The Morgan fingerprint density at radius 3 is 1.69 bits per heavy atom. The number of nitriles is 2. The monoisotopic (exact) mass is 922 g/mol. The van der Waals surface area contributed by atoms with Gasteiger partial charge in [-0.05, 0) is 51.0 Å². The van der Waals surface area contributed by atoms with Gasteiger partial charge < -0.3 is 28.4 Å². The first-order valence-electron chi connectivity index (χ1n) is 17.0. The number of nitrogens with zero attached hydrogens (tertiary/aromatic N) is 10. The summed E-state index contributed by atoms with van der Waals surface area (Å²) in [5.41, 5.74) is 16.7. The van der Waals surface area contributed by atoms with Gasteiger partial charge in [0.05, 0.1) is 33.8 Å². The second-order valence-electron chi connectivity index (χ2n) is 12.4. The van der Waals surface area contributed by atoms with Crippen LogP contribution < -0.4 is 0 Å². The Kier molecular flexibility index (Phi) is 18.8. The molecule has 10 atom stereocenters. The maximum Gasteiger partial charge on any atom is 0.303 e. The van der Waals surface area contributed by atoms with E-state index in [4.69, 9.17) is 56.3 Å². The van der Waals surface area contributed by atoms with Crippen molar-refractivity contribution in [2.75, 3.05) is 13.2 Å². The topological polar surface area (TPSA) is 295 Å². The van der Waals surface area contributed by atoms with Crippen LogP contribution in [-0.4, -0.2) is 94.4 Å². The third kappa shape index (κ3) is 13.6. The molecule has 0 saturated carbocycles. The summed E-state index contributed by atoms with van der Waals surface area (Å²) in [6.45, 7) is 8.44. The van der Waals surface area contributed by atoms with Crippen LogP contribution in [0, 0.1) is 34.5 Å². The molecule has 58 heavy (non-hydrogen) atoms. The molecule has 2 aliphatic heterocycles. The minimum Gasteiger partial charge on any atom is -0.463 e. The van der Waals surface area contributed by atoms with Crippen LogP contribution in [0.4, 0.5) is 0 Å². The van der Waals surface area contributed by atoms with Crippen LogP contribution in [0.2, 0.25) is 5.02 Å². The lowest BCUT2D eigenvalue weighted by atomic mass is 9.89. The van der Waals surface area contributed by atoms with E-state index in [2.05, 4.69) is 45.9 Å². The lowest BCUT2D eigenvalue weighted by Crippen LogP contribution is -2.54. The van der Waals surface area contributed by atoms with Crippen molar-refractivity contribution < 1.29 is 47.6 Å². The fourth-order valence-corrected chi connectivity index (χ4v) is 8.73. The minimum atomic E-state index is -0.942. The predicted octanol–water partition coefficient (Wildman–Crippen LogP) is 6.58. The number of esters is 4. The Morgan fingerprint density at radius 1 is 0.810 bits per heavy atom. The van der Waals surface area contributed by atoms with E-state index in [-0.39, 0.29) is 30.5 Å². The van der Waals surface area contributed by atoms with E-state index in [0.717, 1.165) is 11.8 Å². The number of halogens is 2. The fraction of sp³-hybridized carbons (Fsp3) is 0.529. The van der Waals surface area contributed by atoms with E-state index >= 15 is 0 Å². The highest BCUT2D eigenvalue weighted by Crippen LogP contribution is 2.41. The average molecular weight is 924 g/mol. The van der Waals surface area contributed by atoms with Gasteiger partial charge in [-0.3, -0.25) is 19.2 Å². The average Bonchev–Trinajstić information content (AvgIpc) is 3.15. The Labute approximate surface area is 353 Å². The molecule has 4 rings (SSSR count). The van der Waals surface area contributed by atoms with Crippen molar-refractivity contribution in [2.24, 2.45) is 22.1 Å². The number of ether oxygens (including phenoxy) is 6. The number of rotatable bonds is 12. The Bertz CT molecular complexity index is 2030.